The maximum atomic E-state index is 5.83. The minimum atomic E-state index is 0.668. The summed E-state index contributed by atoms with van der Waals surface area (Å²) in [4.78, 5) is 2.26. The third kappa shape index (κ3) is 4.99. The van der Waals surface area contributed by atoms with Crippen LogP contribution in [0.5, 0.6) is 5.75 Å². The maximum Gasteiger partial charge on any atom is 0.143 e. The summed E-state index contributed by atoms with van der Waals surface area (Å²) in [6, 6.07) is 5.88. The van der Waals surface area contributed by atoms with Crippen LogP contribution in [0.3, 0.4) is 0 Å². The lowest BCUT2D eigenvalue weighted by atomic mass is 10.2. The van der Waals surface area contributed by atoms with E-state index < -0.39 is 0 Å². The fraction of sp³-hybridized carbons (Fsp3) is 0.600. The SMILES string of the molecule is CCCCOCCN(CC)c1ccc(N)c(OC)c1. The first-order chi connectivity index (χ1) is 9.22. The fourth-order valence-corrected chi connectivity index (χ4v) is 1.89. The molecule has 1 aromatic carbocycles. The van der Waals surface area contributed by atoms with Crippen LogP contribution in [-0.2, 0) is 4.74 Å². The highest BCUT2D eigenvalue weighted by Crippen LogP contribution is 2.27. The van der Waals surface area contributed by atoms with Gasteiger partial charge in [0.25, 0.3) is 0 Å². The zero-order valence-electron chi connectivity index (χ0n) is 12.3. The van der Waals surface area contributed by atoms with Crippen LogP contribution in [0.2, 0.25) is 0 Å². The second-order valence-electron chi connectivity index (χ2n) is 4.47. The fourth-order valence-electron chi connectivity index (χ4n) is 1.89. The van der Waals surface area contributed by atoms with Crippen molar-refractivity contribution >= 4 is 11.4 Å². The third-order valence-corrected chi connectivity index (χ3v) is 3.11. The van der Waals surface area contributed by atoms with Crippen molar-refractivity contribution in [3.05, 3.63) is 18.2 Å². The molecule has 108 valence electrons. The Labute approximate surface area is 116 Å². The molecule has 1 aromatic rings. The summed E-state index contributed by atoms with van der Waals surface area (Å²) in [6.45, 7) is 7.72. The molecule has 0 heterocycles. The Morgan fingerprint density at radius 1 is 1.21 bits per heavy atom. The largest absolute Gasteiger partial charge is 0.495 e. The Kier molecular flexibility index (Phi) is 7.11. The smallest absolute Gasteiger partial charge is 0.143 e. The molecule has 0 saturated heterocycles. The van der Waals surface area contributed by atoms with Crippen molar-refractivity contribution in [2.45, 2.75) is 26.7 Å². The lowest BCUT2D eigenvalue weighted by molar-refractivity contribution is 0.137. The predicted octanol–water partition coefficient (Wildman–Crippen LogP) is 2.92. The van der Waals surface area contributed by atoms with Gasteiger partial charge in [0.1, 0.15) is 5.75 Å². The van der Waals surface area contributed by atoms with E-state index >= 15 is 0 Å². The molecular weight excluding hydrogens is 240 g/mol. The number of nitrogen functional groups attached to an aromatic ring is 1. The summed E-state index contributed by atoms with van der Waals surface area (Å²) < 4.78 is 10.9. The van der Waals surface area contributed by atoms with Crippen molar-refractivity contribution in [2.24, 2.45) is 0 Å². The van der Waals surface area contributed by atoms with Gasteiger partial charge in [0.05, 0.1) is 19.4 Å². The first kappa shape index (κ1) is 15.6. The second-order valence-corrected chi connectivity index (χ2v) is 4.47. The molecule has 0 atom stereocenters. The Hall–Kier alpha value is -1.42. The van der Waals surface area contributed by atoms with E-state index in [1.165, 1.54) is 6.42 Å². The Bertz CT molecular complexity index is 369. The molecule has 4 heteroatoms. The summed E-state index contributed by atoms with van der Waals surface area (Å²) in [5.41, 5.74) is 7.61. The van der Waals surface area contributed by atoms with E-state index in [2.05, 4.69) is 18.7 Å². The number of rotatable bonds is 9. The molecule has 0 saturated carbocycles. The molecule has 0 aliphatic heterocycles. The van der Waals surface area contributed by atoms with Gasteiger partial charge in [-0.15, -0.1) is 0 Å². The lowest BCUT2D eigenvalue weighted by Gasteiger charge is -2.23. The van der Waals surface area contributed by atoms with E-state index in [9.17, 15) is 0 Å². The molecule has 0 spiro atoms. The summed E-state index contributed by atoms with van der Waals surface area (Å²) in [5.74, 6) is 0.725. The van der Waals surface area contributed by atoms with E-state index in [-0.39, 0.29) is 0 Å². The van der Waals surface area contributed by atoms with Gasteiger partial charge in [0.15, 0.2) is 0 Å². The van der Waals surface area contributed by atoms with Gasteiger partial charge in [-0.3, -0.25) is 0 Å². The molecular formula is C15H26N2O2. The van der Waals surface area contributed by atoms with Gasteiger partial charge in [-0.1, -0.05) is 13.3 Å². The van der Waals surface area contributed by atoms with Crippen LogP contribution in [0.1, 0.15) is 26.7 Å². The van der Waals surface area contributed by atoms with Crippen molar-refractivity contribution in [3.63, 3.8) is 0 Å². The van der Waals surface area contributed by atoms with E-state index in [1.807, 2.05) is 18.2 Å². The highest BCUT2D eigenvalue weighted by atomic mass is 16.5. The highest BCUT2D eigenvalue weighted by Gasteiger charge is 2.07. The minimum absolute atomic E-state index is 0.668. The third-order valence-electron chi connectivity index (χ3n) is 3.11. The van der Waals surface area contributed by atoms with E-state index in [0.29, 0.717) is 5.69 Å². The molecule has 2 N–H and O–H groups in total. The number of benzene rings is 1. The average Bonchev–Trinajstić information content (AvgIpc) is 2.44. The van der Waals surface area contributed by atoms with Crippen molar-refractivity contribution in [1.29, 1.82) is 0 Å². The van der Waals surface area contributed by atoms with Crippen LogP contribution >= 0.6 is 0 Å². The number of nitrogens with two attached hydrogens (primary N) is 1. The first-order valence-electron chi connectivity index (χ1n) is 6.99. The topological polar surface area (TPSA) is 47.7 Å². The van der Waals surface area contributed by atoms with Gasteiger partial charge >= 0.3 is 0 Å². The summed E-state index contributed by atoms with van der Waals surface area (Å²) in [6.07, 6.45) is 2.30. The summed E-state index contributed by atoms with van der Waals surface area (Å²) >= 11 is 0. The molecule has 0 aliphatic carbocycles. The van der Waals surface area contributed by atoms with Crippen LogP contribution in [0.25, 0.3) is 0 Å². The monoisotopic (exact) mass is 266 g/mol. The minimum Gasteiger partial charge on any atom is -0.495 e. The number of methoxy groups -OCH3 is 1. The molecule has 19 heavy (non-hydrogen) atoms. The number of unbranched alkanes of at least 4 members (excludes halogenated alkanes) is 1. The second kappa shape index (κ2) is 8.64. The first-order valence-corrected chi connectivity index (χ1v) is 6.99. The molecule has 0 amide bonds. The van der Waals surface area contributed by atoms with Crippen molar-refractivity contribution in [1.82, 2.24) is 0 Å². The van der Waals surface area contributed by atoms with E-state index in [0.717, 1.165) is 44.2 Å². The normalized spacial score (nSPS) is 10.5. The van der Waals surface area contributed by atoms with Gasteiger partial charge in [-0.05, 0) is 25.5 Å². The average molecular weight is 266 g/mol. The number of likely N-dealkylation sites (N-methyl/N-ethyl adjacent to an activating group) is 1. The van der Waals surface area contributed by atoms with E-state index in [4.69, 9.17) is 15.2 Å². The van der Waals surface area contributed by atoms with Crippen molar-refractivity contribution in [3.8, 4) is 5.75 Å². The van der Waals surface area contributed by atoms with Crippen LogP contribution in [-0.4, -0.2) is 33.4 Å². The number of anilines is 2. The van der Waals surface area contributed by atoms with Gasteiger partial charge in [-0.2, -0.15) is 0 Å². The molecule has 0 aromatic heterocycles. The standard InChI is InChI=1S/C15H26N2O2/c1-4-6-10-19-11-9-17(5-2)13-7-8-14(16)15(12-13)18-3/h7-8,12H,4-6,9-11,16H2,1-3H3. The van der Waals surface area contributed by atoms with Crippen molar-refractivity contribution in [2.75, 3.05) is 44.0 Å². The Balaban J connectivity index is 2.54. The van der Waals surface area contributed by atoms with Crippen LogP contribution in [0.4, 0.5) is 11.4 Å². The van der Waals surface area contributed by atoms with Gasteiger partial charge in [0, 0.05) is 31.5 Å². The van der Waals surface area contributed by atoms with E-state index in [1.54, 1.807) is 7.11 Å². The Morgan fingerprint density at radius 3 is 2.63 bits per heavy atom. The molecule has 4 nitrogen and oxygen atoms in total. The molecule has 0 radical (unpaired) electrons. The molecule has 1 rings (SSSR count). The highest BCUT2D eigenvalue weighted by molar-refractivity contribution is 5.62. The molecule has 0 bridgehead atoms. The van der Waals surface area contributed by atoms with Crippen LogP contribution in [0, 0.1) is 0 Å². The quantitative estimate of drug-likeness (QED) is 0.551. The predicted molar refractivity (Wildman–Crippen MR) is 81.0 cm³/mol. The molecule has 0 unspecified atom stereocenters. The summed E-state index contributed by atoms with van der Waals surface area (Å²) in [7, 11) is 1.64. The van der Waals surface area contributed by atoms with Crippen molar-refractivity contribution < 1.29 is 9.47 Å². The number of hydrogen-bond donors (Lipinski definition) is 1. The zero-order chi connectivity index (χ0) is 14.1. The lowest BCUT2D eigenvalue weighted by Crippen LogP contribution is -2.27. The van der Waals surface area contributed by atoms with Crippen LogP contribution < -0.4 is 15.4 Å². The zero-order valence-corrected chi connectivity index (χ0v) is 12.3. The molecule has 0 aliphatic rings. The van der Waals surface area contributed by atoms with Crippen LogP contribution in [0.15, 0.2) is 18.2 Å². The number of hydrogen-bond acceptors (Lipinski definition) is 4. The Morgan fingerprint density at radius 2 is 2.00 bits per heavy atom. The van der Waals surface area contributed by atoms with Gasteiger partial charge in [-0.25, -0.2) is 0 Å². The molecule has 0 fully saturated rings. The number of ether oxygens (including phenoxy) is 2. The number of nitrogens with zero attached hydrogens (tertiary/aromatic N) is 1. The van der Waals surface area contributed by atoms with Gasteiger partial charge in [0.2, 0.25) is 0 Å². The summed E-state index contributed by atoms with van der Waals surface area (Å²) in [5, 5.41) is 0. The maximum absolute atomic E-state index is 5.83. The van der Waals surface area contributed by atoms with Gasteiger partial charge < -0.3 is 20.1 Å².